The van der Waals surface area contributed by atoms with Crippen LogP contribution in [0.2, 0.25) is 0 Å². The lowest BCUT2D eigenvalue weighted by atomic mass is 10.1. The minimum atomic E-state index is 0.283. The highest BCUT2D eigenvalue weighted by atomic mass is 79.9. The van der Waals surface area contributed by atoms with Gasteiger partial charge in [-0.1, -0.05) is 34.1 Å². The average Bonchev–Trinajstić information content (AvgIpc) is 2.25. The van der Waals surface area contributed by atoms with Gasteiger partial charge in [0.1, 0.15) is 0 Å². The van der Waals surface area contributed by atoms with Crippen LogP contribution in [-0.2, 0) is 0 Å². The van der Waals surface area contributed by atoms with E-state index in [4.69, 9.17) is 5.11 Å². The van der Waals surface area contributed by atoms with Crippen molar-refractivity contribution in [1.29, 1.82) is 0 Å². The quantitative estimate of drug-likeness (QED) is 0.780. The van der Waals surface area contributed by atoms with E-state index in [1.165, 1.54) is 5.56 Å². The predicted molar refractivity (Wildman–Crippen MR) is 66.9 cm³/mol. The Balaban J connectivity index is 2.40. The number of aliphatic hydroxyl groups is 1. The largest absolute Gasteiger partial charge is 0.396 e. The number of hydrogen-bond acceptors (Lipinski definition) is 2. The molecule has 0 unspecified atom stereocenters. The van der Waals surface area contributed by atoms with Crippen molar-refractivity contribution >= 4 is 15.9 Å². The topological polar surface area (TPSA) is 32.3 Å². The summed E-state index contributed by atoms with van der Waals surface area (Å²) in [6.45, 7) is 3.38. The maximum Gasteiger partial charge on any atom is 0.0431 e. The number of aliphatic hydroxyl groups excluding tert-OH is 1. The standard InChI is InChI=1S/C12H18BrNO/c1-10(14-8-4-5-9-15)11-6-2-3-7-12(11)13/h2-3,6-7,10,14-15H,4-5,8-9H2,1H3/t10-/m1/s1. The van der Waals surface area contributed by atoms with Gasteiger partial charge in [-0.15, -0.1) is 0 Å². The molecule has 0 heterocycles. The van der Waals surface area contributed by atoms with Gasteiger partial charge in [0, 0.05) is 17.1 Å². The second kappa shape index (κ2) is 6.99. The highest BCUT2D eigenvalue weighted by Gasteiger charge is 2.06. The van der Waals surface area contributed by atoms with Crippen LogP contribution in [0.4, 0.5) is 0 Å². The molecular formula is C12H18BrNO. The molecule has 2 N–H and O–H groups in total. The van der Waals surface area contributed by atoms with Crippen molar-refractivity contribution in [2.24, 2.45) is 0 Å². The molecule has 0 saturated carbocycles. The summed E-state index contributed by atoms with van der Waals surface area (Å²) in [4.78, 5) is 0. The molecule has 3 heteroatoms. The highest BCUT2D eigenvalue weighted by molar-refractivity contribution is 9.10. The Hall–Kier alpha value is -0.380. The Morgan fingerprint density at radius 1 is 1.33 bits per heavy atom. The lowest BCUT2D eigenvalue weighted by Crippen LogP contribution is -2.20. The molecule has 1 atom stereocenters. The van der Waals surface area contributed by atoms with E-state index in [0.717, 1.165) is 23.9 Å². The van der Waals surface area contributed by atoms with Crippen molar-refractivity contribution in [3.05, 3.63) is 34.3 Å². The van der Waals surface area contributed by atoms with E-state index < -0.39 is 0 Å². The summed E-state index contributed by atoms with van der Waals surface area (Å²) >= 11 is 3.54. The second-order valence-electron chi connectivity index (χ2n) is 3.63. The van der Waals surface area contributed by atoms with Crippen molar-refractivity contribution in [2.45, 2.75) is 25.8 Å². The van der Waals surface area contributed by atoms with Crippen LogP contribution in [-0.4, -0.2) is 18.3 Å². The summed E-state index contributed by atoms with van der Waals surface area (Å²) in [5.74, 6) is 0. The van der Waals surface area contributed by atoms with E-state index in [1.807, 2.05) is 12.1 Å². The van der Waals surface area contributed by atoms with Crippen LogP contribution in [0.3, 0.4) is 0 Å². The zero-order valence-corrected chi connectivity index (χ0v) is 10.6. The zero-order chi connectivity index (χ0) is 11.1. The SMILES string of the molecule is C[C@@H](NCCCCO)c1ccccc1Br. The van der Waals surface area contributed by atoms with E-state index in [2.05, 4.69) is 40.3 Å². The third-order valence-electron chi connectivity index (χ3n) is 2.41. The summed E-state index contributed by atoms with van der Waals surface area (Å²) in [5.41, 5.74) is 1.28. The van der Waals surface area contributed by atoms with Crippen LogP contribution >= 0.6 is 15.9 Å². The maximum absolute atomic E-state index is 8.66. The maximum atomic E-state index is 8.66. The summed E-state index contributed by atoms with van der Waals surface area (Å²) < 4.78 is 1.15. The molecule has 1 rings (SSSR count). The first-order valence-electron chi connectivity index (χ1n) is 5.34. The van der Waals surface area contributed by atoms with Gasteiger partial charge in [0.25, 0.3) is 0 Å². The minimum absolute atomic E-state index is 0.283. The third kappa shape index (κ3) is 4.33. The van der Waals surface area contributed by atoms with Crippen molar-refractivity contribution in [3.8, 4) is 0 Å². The number of nitrogens with one attached hydrogen (secondary N) is 1. The summed E-state index contributed by atoms with van der Waals surface area (Å²) in [6, 6.07) is 8.59. The zero-order valence-electron chi connectivity index (χ0n) is 9.04. The average molecular weight is 272 g/mol. The molecule has 0 radical (unpaired) electrons. The molecule has 0 aromatic heterocycles. The van der Waals surface area contributed by atoms with Gasteiger partial charge in [0.05, 0.1) is 0 Å². The summed E-state index contributed by atoms with van der Waals surface area (Å²) in [7, 11) is 0. The third-order valence-corrected chi connectivity index (χ3v) is 3.13. The van der Waals surface area contributed by atoms with Crippen molar-refractivity contribution in [2.75, 3.05) is 13.2 Å². The van der Waals surface area contributed by atoms with Crippen molar-refractivity contribution in [1.82, 2.24) is 5.32 Å². The van der Waals surface area contributed by atoms with Crippen molar-refractivity contribution < 1.29 is 5.11 Å². The molecule has 0 aliphatic carbocycles. The van der Waals surface area contributed by atoms with E-state index in [9.17, 15) is 0 Å². The lowest BCUT2D eigenvalue weighted by Gasteiger charge is -2.15. The second-order valence-corrected chi connectivity index (χ2v) is 4.48. The number of benzene rings is 1. The molecule has 15 heavy (non-hydrogen) atoms. The van der Waals surface area contributed by atoms with Crippen LogP contribution in [0.5, 0.6) is 0 Å². The molecule has 0 aliphatic heterocycles. The smallest absolute Gasteiger partial charge is 0.0431 e. The monoisotopic (exact) mass is 271 g/mol. The van der Waals surface area contributed by atoms with Gasteiger partial charge in [0.15, 0.2) is 0 Å². The summed E-state index contributed by atoms with van der Waals surface area (Å²) in [6.07, 6.45) is 1.89. The first-order chi connectivity index (χ1) is 7.25. The number of hydrogen-bond donors (Lipinski definition) is 2. The Labute approximate surface area is 99.8 Å². The molecule has 1 aromatic carbocycles. The fourth-order valence-electron chi connectivity index (χ4n) is 1.49. The normalized spacial score (nSPS) is 12.7. The molecule has 0 fully saturated rings. The molecule has 84 valence electrons. The van der Waals surface area contributed by atoms with Crippen LogP contribution < -0.4 is 5.32 Å². The number of halogens is 1. The van der Waals surface area contributed by atoms with Gasteiger partial charge in [-0.3, -0.25) is 0 Å². The Kier molecular flexibility index (Phi) is 5.91. The molecule has 0 bridgehead atoms. The Morgan fingerprint density at radius 2 is 2.07 bits per heavy atom. The van der Waals surface area contributed by atoms with Gasteiger partial charge in [0.2, 0.25) is 0 Å². The molecule has 2 nitrogen and oxygen atoms in total. The highest BCUT2D eigenvalue weighted by Crippen LogP contribution is 2.22. The van der Waals surface area contributed by atoms with Crippen molar-refractivity contribution in [3.63, 3.8) is 0 Å². The molecule has 1 aromatic rings. The molecule has 0 saturated heterocycles. The summed E-state index contributed by atoms with van der Waals surface area (Å²) in [5, 5.41) is 12.1. The minimum Gasteiger partial charge on any atom is -0.396 e. The molecular weight excluding hydrogens is 254 g/mol. The van der Waals surface area contributed by atoms with Crippen LogP contribution in [0.15, 0.2) is 28.7 Å². The molecule has 0 amide bonds. The van der Waals surface area contributed by atoms with E-state index in [-0.39, 0.29) is 6.61 Å². The fraction of sp³-hybridized carbons (Fsp3) is 0.500. The molecule has 0 spiro atoms. The van der Waals surface area contributed by atoms with Gasteiger partial charge in [-0.05, 0) is 37.9 Å². The first-order valence-corrected chi connectivity index (χ1v) is 6.13. The predicted octanol–water partition coefficient (Wildman–Crippen LogP) is 2.87. The van der Waals surface area contributed by atoms with Crippen LogP contribution in [0.25, 0.3) is 0 Å². The van der Waals surface area contributed by atoms with E-state index >= 15 is 0 Å². The Bertz CT molecular complexity index is 291. The van der Waals surface area contributed by atoms with Gasteiger partial charge < -0.3 is 10.4 Å². The van der Waals surface area contributed by atoms with Crippen LogP contribution in [0.1, 0.15) is 31.4 Å². The number of rotatable bonds is 6. The fourth-order valence-corrected chi connectivity index (χ4v) is 2.12. The lowest BCUT2D eigenvalue weighted by molar-refractivity contribution is 0.283. The van der Waals surface area contributed by atoms with E-state index in [0.29, 0.717) is 6.04 Å². The Morgan fingerprint density at radius 3 is 2.73 bits per heavy atom. The van der Waals surface area contributed by atoms with Gasteiger partial charge >= 0.3 is 0 Å². The van der Waals surface area contributed by atoms with Crippen LogP contribution in [0, 0.1) is 0 Å². The first kappa shape index (κ1) is 12.7. The van der Waals surface area contributed by atoms with Gasteiger partial charge in [-0.2, -0.15) is 0 Å². The van der Waals surface area contributed by atoms with E-state index in [1.54, 1.807) is 0 Å². The molecule has 0 aliphatic rings. The number of unbranched alkanes of at least 4 members (excludes halogenated alkanes) is 1. The van der Waals surface area contributed by atoms with Gasteiger partial charge in [-0.25, -0.2) is 0 Å².